The van der Waals surface area contributed by atoms with Crippen molar-refractivity contribution in [1.29, 1.82) is 0 Å². The van der Waals surface area contributed by atoms with Crippen molar-refractivity contribution < 1.29 is 47.6 Å². The summed E-state index contributed by atoms with van der Waals surface area (Å²) in [6.07, 6.45) is 8.75. The molecule has 2 N–H and O–H groups in total. The van der Waals surface area contributed by atoms with E-state index in [2.05, 4.69) is 9.88 Å². The average molecular weight is 785 g/mol. The van der Waals surface area contributed by atoms with Gasteiger partial charge in [-0.3, -0.25) is 20.0 Å². The van der Waals surface area contributed by atoms with Gasteiger partial charge in [-0.25, -0.2) is 9.59 Å². The third-order valence-corrected chi connectivity index (χ3v) is 11.0. The molecule has 4 fully saturated rings. The number of hydrogen-bond acceptors (Lipinski definition) is 8. The van der Waals surface area contributed by atoms with Crippen molar-refractivity contribution in [2.75, 3.05) is 31.1 Å². The van der Waals surface area contributed by atoms with Gasteiger partial charge in [-0.1, -0.05) is 41.4 Å². The molecule has 4 aliphatic rings. The van der Waals surface area contributed by atoms with Crippen LogP contribution in [-0.4, -0.2) is 71.2 Å². The minimum Gasteiger partial charge on any atom is -0.489 e. The van der Waals surface area contributed by atoms with Gasteiger partial charge in [-0.05, 0) is 104 Å². The SMILES string of the molecule is O=C(O)c1ccc(CN(C(=O)O[C@H]2CN3CCC2CC3)c2cccnc2)cc1[C@@H](Cc1c(Cl)c[n+](O)cc1Cl)c1ccc(OC(F)F)c(OCC2CC2)c1. The van der Waals surface area contributed by atoms with E-state index in [1.165, 1.54) is 29.4 Å². The summed E-state index contributed by atoms with van der Waals surface area (Å²) in [5, 5.41) is 20.8. The molecule has 4 aromatic rings. The molecule has 0 spiro atoms. The smallest absolute Gasteiger partial charge is 0.414 e. The van der Waals surface area contributed by atoms with Crippen molar-refractivity contribution in [1.82, 2.24) is 9.88 Å². The van der Waals surface area contributed by atoms with Gasteiger partial charge < -0.3 is 19.3 Å². The Morgan fingerprint density at radius 1 is 1.02 bits per heavy atom. The molecular formula is C39H39Cl2F2N4O7+. The summed E-state index contributed by atoms with van der Waals surface area (Å²) in [7, 11) is 0. The number of carboxylic acids is 1. The van der Waals surface area contributed by atoms with Crippen molar-refractivity contribution in [2.45, 2.75) is 57.3 Å². The topological polar surface area (TPSA) is 126 Å². The van der Waals surface area contributed by atoms with E-state index in [0.717, 1.165) is 38.8 Å². The summed E-state index contributed by atoms with van der Waals surface area (Å²) in [6.45, 7) is -0.140. The lowest BCUT2D eigenvalue weighted by Gasteiger charge is -2.44. The number of rotatable bonds is 14. The second-order valence-electron chi connectivity index (χ2n) is 14.0. The lowest BCUT2D eigenvalue weighted by atomic mass is 9.82. The highest BCUT2D eigenvalue weighted by molar-refractivity contribution is 6.35. The fraction of sp³-hybridized carbons (Fsp3) is 0.385. The number of hydrogen-bond donors (Lipinski definition) is 2. The third-order valence-electron chi connectivity index (χ3n) is 10.3. The first-order valence-electron chi connectivity index (χ1n) is 17.8. The normalized spacial score (nSPS) is 19.7. The number of carbonyl (C=O) groups is 2. The number of anilines is 1. The minimum absolute atomic E-state index is 0.0134. The van der Waals surface area contributed by atoms with Crippen LogP contribution >= 0.6 is 23.2 Å². The Bertz CT molecular complexity index is 1970. The number of aromatic carboxylic acids is 1. The predicted octanol–water partition coefficient (Wildman–Crippen LogP) is 7.61. The number of carboxylic acid groups (broad SMARTS) is 1. The van der Waals surface area contributed by atoms with E-state index < -0.39 is 24.6 Å². The van der Waals surface area contributed by atoms with Crippen LogP contribution in [0.1, 0.15) is 64.2 Å². The molecule has 2 atom stereocenters. The highest BCUT2D eigenvalue weighted by Gasteiger charge is 2.38. The standard InChI is InChI=1S/C39H38Cl2F2N4O7/c40-32-19-46(51)20-33(41)31(32)16-29(26-6-8-34(53-38(42)43)35(15-26)52-22-23-3-4-23)30-14-24(5-7-28(30)37(48)49)18-47(27-2-1-11-44-17-27)39(50)54-36-21-45-12-9-25(36)10-13-45/h1-2,5-8,11,14-15,17,19-20,23,25,29,36,38H,3-4,9-10,12-13,16,18,21-22H2,(H-,48,49,51)/p+1/t29-,36-/m0/s1. The number of amides is 1. The molecule has 3 aliphatic heterocycles. The van der Waals surface area contributed by atoms with Crippen LogP contribution in [0.2, 0.25) is 10.0 Å². The van der Waals surface area contributed by atoms with Gasteiger partial charge in [0.25, 0.3) is 0 Å². The van der Waals surface area contributed by atoms with Crippen LogP contribution in [0.15, 0.2) is 73.3 Å². The summed E-state index contributed by atoms with van der Waals surface area (Å²) in [5.74, 6) is -1.51. The summed E-state index contributed by atoms with van der Waals surface area (Å²) >= 11 is 13.2. The molecule has 8 rings (SSSR count). The Hall–Kier alpha value is -4.72. The molecule has 284 valence electrons. The van der Waals surface area contributed by atoms with E-state index in [1.54, 1.807) is 48.8 Å². The maximum atomic E-state index is 13.9. The monoisotopic (exact) mass is 783 g/mol. The van der Waals surface area contributed by atoms with Crippen LogP contribution in [0.5, 0.6) is 11.5 Å². The number of halogens is 4. The van der Waals surface area contributed by atoms with Gasteiger partial charge in [-0.2, -0.15) is 8.78 Å². The summed E-state index contributed by atoms with van der Waals surface area (Å²) in [5.41, 5.74) is 2.27. The molecule has 11 nitrogen and oxygen atoms in total. The highest BCUT2D eigenvalue weighted by atomic mass is 35.5. The van der Waals surface area contributed by atoms with E-state index in [0.29, 0.717) is 51.7 Å². The number of fused-ring (bicyclic) bond motifs is 3. The highest BCUT2D eigenvalue weighted by Crippen LogP contribution is 2.41. The molecule has 54 heavy (non-hydrogen) atoms. The van der Waals surface area contributed by atoms with Gasteiger partial charge in [-0.15, -0.1) is 0 Å². The minimum atomic E-state index is -3.10. The van der Waals surface area contributed by atoms with Gasteiger partial charge in [0.05, 0.1) is 30.6 Å². The molecule has 1 aliphatic carbocycles. The lowest BCUT2D eigenvalue weighted by Crippen LogP contribution is -2.53. The first-order chi connectivity index (χ1) is 26.0. The number of nitrogens with zero attached hydrogens (tertiary/aromatic N) is 4. The van der Waals surface area contributed by atoms with Gasteiger partial charge in [0.15, 0.2) is 11.5 Å². The van der Waals surface area contributed by atoms with Crippen LogP contribution in [0.4, 0.5) is 19.3 Å². The van der Waals surface area contributed by atoms with Crippen LogP contribution in [-0.2, 0) is 17.7 Å². The molecule has 15 heteroatoms. The molecule has 0 unspecified atom stereocenters. The van der Waals surface area contributed by atoms with E-state index >= 15 is 0 Å². The molecular weight excluding hydrogens is 745 g/mol. The summed E-state index contributed by atoms with van der Waals surface area (Å²) < 4.78 is 44.5. The third kappa shape index (κ3) is 8.80. The maximum absolute atomic E-state index is 13.9. The molecule has 3 saturated heterocycles. The number of pyridine rings is 2. The lowest BCUT2D eigenvalue weighted by molar-refractivity contribution is -0.904. The van der Waals surface area contributed by atoms with Gasteiger partial charge in [0.1, 0.15) is 16.1 Å². The number of ether oxygens (including phenoxy) is 3. The fourth-order valence-electron chi connectivity index (χ4n) is 7.27. The zero-order valence-electron chi connectivity index (χ0n) is 29.1. The summed E-state index contributed by atoms with van der Waals surface area (Å²) in [6, 6.07) is 12.8. The number of benzene rings is 2. The van der Waals surface area contributed by atoms with Gasteiger partial charge in [0, 0.05) is 29.0 Å². The first-order valence-corrected chi connectivity index (χ1v) is 18.5. The van der Waals surface area contributed by atoms with E-state index in [1.807, 2.05) is 0 Å². The van der Waals surface area contributed by atoms with Crippen molar-refractivity contribution in [3.05, 3.63) is 111 Å². The van der Waals surface area contributed by atoms with E-state index in [4.69, 9.17) is 37.4 Å². The fourth-order valence-corrected chi connectivity index (χ4v) is 7.88. The van der Waals surface area contributed by atoms with Crippen LogP contribution in [0, 0.1) is 11.8 Å². The van der Waals surface area contributed by atoms with Gasteiger partial charge in [0.2, 0.25) is 12.4 Å². The molecule has 5 heterocycles. The number of carbonyl (C=O) groups excluding carboxylic acids is 1. The van der Waals surface area contributed by atoms with Crippen molar-refractivity contribution in [3.8, 4) is 11.5 Å². The largest absolute Gasteiger partial charge is 0.489 e. The van der Waals surface area contributed by atoms with Crippen LogP contribution in [0.3, 0.4) is 0 Å². The number of aromatic nitrogens is 2. The molecule has 0 radical (unpaired) electrons. The quantitative estimate of drug-likeness (QED) is 0.0982. The van der Waals surface area contributed by atoms with Crippen LogP contribution < -0.4 is 19.1 Å². The Balaban J connectivity index is 1.29. The van der Waals surface area contributed by atoms with Crippen molar-refractivity contribution in [2.24, 2.45) is 11.8 Å². The molecule has 2 aromatic carbocycles. The maximum Gasteiger partial charge on any atom is 0.414 e. The van der Waals surface area contributed by atoms with Gasteiger partial charge >= 0.3 is 18.7 Å². The van der Waals surface area contributed by atoms with Crippen LogP contribution in [0.25, 0.3) is 0 Å². The molecule has 2 aromatic heterocycles. The molecule has 1 saturated carbocycles. The van der Waals surface area contributed by atoms with Crippen molar-refractivity contribution >= 4 is 41.0 Å². The Kier molecular flexibility index (Phi) is 11.4. The Labute approximate surface area is 320 Å². The zero-order chi connectivity index (χ0) is 37.9. The number of alkyl halides is 2. The Morgan fingerprint density at radius 3 is 2.41 bits per heavy atom. The summed E-state index contributed by atoms with van der Waals surface area (Å²) in [4.78, 5) is 34.8. The molecule has 1 amide bonds. The first kappa shape index (κ1) is 37.6. The van der Waals surface area contributed by atoms with E-state index in [9.17, 15) is 28.7 Å². The molecule has 2 bridgehead atoms. The zero-order valence-corrected chi connectivity index (χ0v) is 30.6. The second-order valence-corrected chi connectivity index (χ2v) is 14.8. The predicted molar refractivity (Wildman–Crippen MR) is 194 cm³/mol. The number of piperidine rings is 3. The van der Waals surface area contributed by atoms with E-state index in [-0.39, 0.29) is 52.1 Å². The Morgan fingerprint density at radius 2 is 1.78 bits per heavy atom. The van der Waals surface area contributed by atoms with Crippen molar-refractivity contribution in [3.63, 3.8) is 0 Å². The average Bonchev–Trinajstić information content (AvgIpc) is 3.98. The second kappa shape index (κ2) is 16.3.